The van der Waals surface area contributed by atoms with Crippen molar-refractivity contribution in [1.82, 2.24) is 0 Å². The van der Waals surface area contributed by atoms with Crippen molar-refractivity contribution in [3.05, 3.63) is 60.2 Å². The molecule has 0 bridgehead atoms. The highest BCUT2D eigenvalue weighted by molar-refractivity contribution is 6.52. The molecule has 7 heteroatoms. The van der Waals surface area contributed by atoms with E-state index in [1.807, 2.05) is 25.1 Å². The summed E-state index contributed by atoms with van der Waals surface area (Å²) < 4.78 is 5.03. The third-order valence-electron chi connectivity index (χ3n) is 4.21. The standard InChI is InChI=1S/C20H18N2O5/c1-2-21(14-8-4-3-5-9-14)17(23)13-27-18(24)12-22-16-11-7-6-10-15(16)19(25)20(22)26/h3-11H,2,12-13H2,1H3. The zero-order valence-electron chi connectivity index (χ0n) is 14.8. The topological polar surface area (TPSA) is 84.0 Å². The Morgan fingerprint density at radius 3 is 2.37 bits per heavy atom. The second-order valence-corrected chi connectivity index (χ2v) is 5.87. The molecule has 2 aromatic rings. The number of esters is 1. The molecule has 1 heterocycles. The van der Waals surface area contributed by atoms with Crippen LogP contribution in [-0.2, 0) is 19.1 Å². The van der Waals surface area contributed by atoms with Crippen molar-refractivity contribution in [3.8, 4) is 0 Å². The van der Waals surface area contributed by atoms with E-state index < -0.39 is 30.8 Å². The lowest BCUT2D eigenvalue weighted by Crippen LogP contribution is -2.38. The van der Waals surface area contributed by atoms with E-state index >= 15 is 0 Å². The lowest BCUT2D eigenvalue weighted by Gasteiger charge is -2.21. The molecule has 0 aromatic heterocycles. The minimum absolute atomic E-state index is 0.257. The molecular formula is C20H18N2O5. The lowest BCUT2D eigenvalue weighted by atomic mass is 10.1. The van der Waals surface area contributed by atoms with Crippen molar-refractivity contribution in [2.24, 2.45) is 0 Å². The number of fused-ring (bicyclic) bond motifs is 1. The highest BCUT2D eigenvalue weighted by Gasteiger charge is 2.36. The van der Waals surface area contributed by atoms with Crippen LogP contribution in [0.3, 0.4) is 0 Å². The van der Waals surface area contributed by atoms with E-state index in [1.54, 1.807) is 30.3 Å². The zero-order chi connectivity index (χ0) is 19.4. The van der Waals surface area contributed by atoms with Crippen molar-refractivity contribution in [2.45, 2.75) is 6.92 Å². The molecule has 0 unspecified atom stereocenters. The van der Waals surface area contributed by atoms with Gasteiger partial charge in [-0.1, -0.05) is 30.3 Å². The highest BCUT2D eigenvalue weighted by Crippen LogP contribution is 2.28. The molecule has 0 N–H and O–H groups in total. The van der Waals surface area contributed by atoms with Gasteiger partial charge in [-0.2, -0.15) is 0 Å². The first-order valence-corrected chi connectivity index (χ1v) is 8.49. The Kier molecular flexibility index (Phi) is 5.30. The Labute approximate surface area is 156 Å². The van der Waals surface area contributed by atoms with Crippen LogP contribution in [0.15, 0.2) is 54.6 Å². The largest absolute Gasteiger partial charge is 0.454 e. The van der Waals surface area contributed by atoms with E-state index in [2.05, 4.69) is 0 Å². The SMILES string of the molecule is CCN(C(=O)COC(=O)CN1C(=O)C(=O)c2ccccc21)c1ccccc1. The quantitative estimate of drug-likeness (QED) is 0.575. The number of ketones is 1. The number of hydrogen-bond acceptors (Lipinski definition) is 5. The zero-order valence-corrected chi connectivity index (χ0v) is 14.8. The number of para-hydroxylation sites is 2. The van der Waals surface area contributed by atoms with Gasteiger partial charge in [0.2, 0.25) is 0 Å². The van der Waals surface area contributed by atoms with E-state index in [1.165, 1.54) is 11.0 Å². The molecule has 0 saturated carbocycles. The summed E-state index contributed by atoms with van der Waals surface area (Å²) in [5.41, 5.74) is 1.33. The number of rotatable bonds is 6. The van der Waals surface area contributed by atoms with Gasteiger partial charge in [0.05, 0.1) is 11.3 Å². The van der Waals surface area contributed by atoms with Crippen molar-refractivity contribution in [3.63, 3.8) is 0 Å². The summed E-state index contributed by atoms with van der Waals surface area (Å²) in [7, 11) is 0. The van der Waals surface area contributed by atoms with Crippen LogP contribution in [0.4, 0.5) is 11.4 Å². The maximum Gasteiger partial charge on any atom is 0.326 e. The van der Waals surface area contributed by atoms with Gasteiger partial charge in [0.1, 0.15) is 6.54 Å². The molecule has 138 valence electrons. The molecule has 27 heavy (non-hydrogen) atoms. The third kappa shape index (κ3) is 3.72. The highest BCUT2D eigenvalue weighted by atomic mass is 16.5. The number of carbonyl (C=O) groups is 4. The first kappa shape index (κ1) is 18.3. The predicted octanol–water partition coefficient (Wildman–Crippen LogP) is 1.81. The third-order valence-corrected chi connectivity index (χ3v) is 4.21. The van der Waals surface area contributed by atoms with E-state index in [4.69, 9.17) is 4.74 Å². The van der Waals surface area contributed by atoms with Crippen molar-refractivity contribution in [1.29, 1.82) is 0 Å². The van der Waals surface area contributed by atoms with Crippen LogP contribution in [0, 0.1) is 0 Å². The summed E-state index contributed by atoms with van der Waals surface area (Å²) in [6.07, 6.45) is 0. The van der Waals surface area contributed by atoms with Gasteiger partial charge in [0.15, 0.2) is 6.61 Å². The van der Waals surface area contributed by atoms with Crippen molar-refractivity contribution >= 4 is 34.9 Å². The Bertz CT molecular complexity index is 894. The summed E-state index contributed by atoms with van der Waals surface area (Å²) in [5, 5.41) is 0. The molecule has 7 nitrogen and oxygen atoms in total. The summed E-state index contributed by atoms with van der Waals surface area (Å²) in [5.74, 6) is -2.57. The fourth-order valence-electron chi connectivity index (χ4n) is 2.91. The second-order valence-electron chi connectivity index (χ2n) is 5.87. The molecule has 2 amide bonds. The van der Waals surface area contributed by atoms with Gasteiger partial charge >= 0.3 is 5.97 Å². The average Bonchev–Trinajstić information content (AvgIpc) is 2.93. The molecule has 3 rings (SSSR count). The fraction of sp³-hybridized carbons (Fsp3) is 0.200. The number of amides is 2. The number of carbonyl (C=O) groups excluding carboxylic acids is 4. The Hall–Kier alpha value is -3.48. The van der Waals surface area contributed by atoms with Crippen LogP contribution >= 0.6 is 0 Å². The van der Waals surface area contributed by atoms with E-state index in [9.17, 15) is 19.2 Å². The second kappa shape index (κ2) is 7.82. The van der Waals surface area contributed by atoms with Gasteiger partial charge in [-0.3, -0.25) is 24.1 Å². The minimum atomic E-state index is -0.779. The number of hydrogen-bond donors (Lipinski definition) is 0. The van der Waals surface area contributed by atoms with Crippen molar-refractivity contribution in [2.75, 3.05) is 29.5 Å². The van der Waals surface area contributed by atoms with Gasteiger partial charge in [-0.25, -0.2) is 0 Å². The van der Waals surface area contributed by atoms with Crippen LogP contribution < -0.4 is 9.80 Å². The van der Waals surface area contributed by atoms with Gasteiger partial charge in [0, 0.05) is 12.2 Å². The smallest absolute Gasteiger partial charge is 0.326 e. The van der Waals surface area contributed by atoms with Gasteiger partial charge in [0.25, 0.3) is 17.6 Å². The predicted molar refractivity (Wildman–Crippen MR) is 98.6 cm³/mol. The molecule has 1 aliphatic heterocycles. The summed E-state index contributed by atoms with van der Waals surface area (Å²) in [6, 6.07) is 15.5. The van der Waals surface area contributed by atoms with E-state index in [0.29, 0.717) is 17.9 Å². The number of ether oxygens (including phenoxy) is 1. The molecule has 0 saturated heterocycles. The minimum Gasteiger partial charge on any atom is -0.454 e. The number of Topliss-reactive ketones (excluding diaryl/α,β-unsaturated/α-hetero) is 1. The fourth-order valence-corrected chi connectivity index (χ4v) is 2.91. The Morgan fingerprint density at radius 1 is 1.00 bits per heavy atom. The van der Waals surface area contributed by atoms with Crippen molar-refractivity contribution < 1.29 is 23.9 Å². The Balaban J connectivity index is 1.61. The van der Waals surface area contributed by atoms with E-state index in [-0.39, 0.29) is 11.5 Å². The number of likely N-dealkylation sites (N-methyl/N-ethyl adjacent to an activating group) is 1. The first-order valence-electron chi connectivity index (χ1n) is 8.49. The van der Waals surface area contributed by atoms with Gasteiger partial charge < -0.3 is 9.64 Å². The average molecular weight is 366 g/mol. The number of nitrogens with zero attached hydrogens (tertiary/aromatic N) is 2. The van der Waals surface area contributed by atoms with Crippen LogP contribution in [0.25, 0.3) is 0 Å². The Morgan fingerprint density at radius 2 is 1.67 bits per heavy atom. The molecule has 0 aliphatic carbocycles. The maximum atomic E-state index is 12.3. The molecule has 0 radical (unpaired) electrons. The first-order chi connectivity index (χ1) is 13.0. The monoisotopic (exact) mass is 366 g/mol. The number of benzene rings is 2. The molecule has 0 atom stereocenters. The van der Waals surface area contributed by atoms with Crippen LogP contribution in [-0.4, -0.2) is 43.3 Å². The summed E-state index contributed by atoms with van der Waals surface area (Å²) in [6.45, 7) is 1.37. The van der Waals surface area contributed by atoms with Gasteiger partial charge in [-0.15, -0.1) is 0 Å². The summed E-state index contributed by atoms with van der Waals surface area (Å²) in [4.78, 5) is 51.0. The maximum absolute atomic E-state index is 12.3. The molecule has 1 aliphatic rings. The van der Waals surface area contributed by atoms with E-state index in [0.717, 1.165) is 4.90 Å². The van der Waals surface area contributed by atoms with Crippen LogP contribution in [0.1, 0.15) is 17.3 Å². The van der Waals surface area contributed by atoms with Crippen LogP contribution in [0.2, 0.25) is 0 Å². The molecule has 2 aromatic carbocycles. The molecule has 0 spiro atoms. The number of anilines is 2. The molecular weight excluding hydrogens is 348 g/mol. The van der Waals surface area contributed by atoms with Crippen LogP contribution in [0.5, 0.6) is 0 Å². The van der Waals surface area contributed by atoms with Gasteiger partial charge in [-0.05, 0) is 31.2 Å². The lowest BCUT2D eigenvalue weighted by molar-refractivity contribution is -0.146. The normalized spacial score (nSPS) is 12.7. The molecule has 0 fully saturated rings. The summed E-state index contributed by atoms with van der Waals surface area (Å²) >= 11 is 0.